The number of hydrogen-bond acceptors (Lipinski definition) is 4. The van der Waals surface area contributed by atoms with Gasteiger partial charge in [-0.1, -0.05) is 25.4 Å². The fourth-order valence-electron chi connectivity index (χ4n) is 6.30. The monoisotopic (exact) mass is 371 g/mol. The molecule has 0 saturated heterocycles. The van der Waals surface area contributed by atoms with Gasteiger partial charge in [0.05, 0.1) is 6.10 Å². The molecule has 0 spiro atoms. The number of hydrogen-bond donors (Lipinski definition) is 1. The van der Waals surface area contributed by atoms with E-state index >= 15 is 0 Å². The summed E-state index contributed by atoms with van der Waals surface area (Å²) < 4.78 is 61.3. The van der Waals surface area contributed by atoms with Gasteiger partial charge in [0.25, 0.3) is 0 Å². The highest BCUT2D eigenvalue weighted by atomic mass is 32.3. The maximum Gasteiger partial charge on any atom is 0.397 e. The summed E-state index contributed by atoms with van der Waals surface area (Å²) in [5, 5.41) is 0. The largest absolute Gasteiger partial charge is 0.397 e. The second kappa shape index (κ2) is 5.64. The molecule has 0 aromatic rings. The van der Waals surface area contributed by atoms with Crippen molar-refractivity contribution in [2.45, 2.75) is 71.2 Å². The summed E-state index contributed by atoms with van der Waals surface area (Å²) in [6.07, 6.45) is 5.64. The molecule has 0 aliphatic heterocycles. The van der Waals surface area contributed by atoms with Crippen LogP contribution in [-0.4, -0.2) is 24.9 Å². The maximum atomic E-state index is 12.5. The Kier molecular flexibility index (Phi) is 3.24. The van der Waals surface area contributed by atoms with E-state index in [2.05, 4.69) is 6.92 Å². The summed E-state index contributed by atoms with van der Waals surface area (Å²) in [7, 11) is -4.57. The smallest absolute Gasteiger partial charge is 0.299 e. The number of rotatable bonds is 2. The number of allylic oxidation sites excluding steroid dienone is 1. The fourth-order valence-corrected chi connectivity index (χ4v) is 6.81. The summed E-state index contributed by atoms with van der Waals surface area (Å²) in [5.41, 5.74) is -0.558. The van der Waals surface area contributed by atoms with Gasteiger partial charge < -0.3 is 0 Å². The molecule has 0 heterocycles. The Bertz CT molecular complexity index is 820. The average molecular weight is 372 g/mol. The van der Waals surface area contributed by atoms with Gasteiger partial charge in [0, 0.05) is 15.9 Å². The minimum Gasteiger partial charge on any atom is -0.299 e. The van der Waals surface area contributed by atoms with Crippen molar-refractivity contribution in [2.24, 2.45) is 28.6 Å². The van der Waals surface area contributed by atoms with Crippen molar-refractivity contribution < 1.29 is 26.1 Å². The lowest BCUT2D eigenvalue weighted by molar-refractivity contribution is -0.131. The first-order valence-electron chi connectivity index (χ1n) is 10.8. The summed E-state index contributed by atoms with van der Waals surface area (Å²) >= 11 is 0. The summed E-state index contributed by atoms with van der Waals surface area (Å²) in [4.78, 5) is 12.5. The van der Waals surface area contributed by atoms with Crippen molar-refractivity contribution in [3.05, 3.63) is 11.6 Å². The zero-order chi connectivity index (χ0) is 20.5. The first kappa shape index (κ1) is 14.4. The first-order valence-corrected chi connectivity index (χ1v) is 10.6. The minimum absolute atomic E-state index is 0.0318. The molecule has 3 saturated carbocycles. The van der Waals surface area contributed by atoms with Crippen molar-refractivity contribution in [3.8, 4) is 0 Å². The second-order valence-corrected chi connectivity index (χ2v) is 9.67. The molecular formula is C19H28O5S. The Hall–Kier alpha value is -0.720. The minimum atomic E-state index is -4.57. The molecule has 4 aliphatic rings. The number of ketones is 1. The topological polar surface area (TPSA) is 80.7 Å². The van der Waals surface area contributed by atoms with E-state index in [1.54, 1.807) is 0 Å². The zero-order valence-corrected chi connectivity index (χ0v) is 15.3. The maximum absolute atomic E-state index is 12.5. The molecule has 0 radical (unpaired) electrons. The quantitative estimate of drug-likeness (QED) is 0.591. The molecular weight excluding hydrogens is 340 g/mol. The van der Waals surface area contributed by atoms with E-state index in [0.29, 0.717) is 25.0 Å². The van der Waals surface area contributed by atoms with E-state index in [9.17, 15) is 13.2 Å². The molecule has 140 valence electrons. The summed E-state index contributed by atoms with van der Waals surface area (Å²) in [6, 6.07) is 0. The van der Waals surface area contributed by atoms with Crippen LogP contribution in [0.2, 0.25) is 0 Å². The Morgan fingerprint density at radius 1 is 1.24 bits per heavy atom. The van der Waals surface area contributed by atoms with Gasteiger partial charge in [0.2, 0.25) is 0 Å². The van der Waals surface area contributed by atoms with E-state index in [-0.39, 0.29) is 36.0 Å². The molecule has 1 N–H and O–H groups in total. The van der Waals surface area contributed by atoms with E-state index in [4.69, 9.17) is 12.8 Å². The normalized spacial score (nSPS) is 49.1. The molecule has 3 fully saturated rings. The molecule has 0 unspecified atom stereocenters. The number of Topliss-reactive ketones (excluding diaryl/α,β-unsaturated/α-hetero) is 1. The number of carbonyl (C=O) groups is 1. The molecule has 0 aromatic carbocycles. The van der Waals surface area contributed by atoms with Crippen molar-refractivity contribution in [2.75, 3.05) is 0 Å². The van der Waals surface area contributed by atoms with Gasteiger partial charge in [-0.05, 0) is 68.1 Å². The van der Waals surface area contributed by atoms with Gasteiger partial charge in [0.1, 0.15) is 5.78 Å². The highest BCUT2D eigenvalue weighted by Gasteiger charge is 2.58. The van der Waals surface area contributed by atoms with Crippen LogP contribution in [-0.2, 0) is 19.4 Å². The van der Waals surface area contributed by atoms with Crippen LogP contribution < -0.4 is 0 Å². The third-order valence-corrected chi connectivity index (χ3v) is 8.07. The van der Waals surface area contributed by atoms with Crippen LogP contribution in [0, 0.1) is 28.6 Å². The van der Waals surface area contributed by atoms with Crippen LogP contribution in [0.15, 0.2) is 11.6 Å². The second-order valence-electron chi connectivity index (χ2n) is 8.62. The van der Waals surface area contributed by atoms with Crippen molar-refractivity contribution in [1.82, 2.24) is 0 Å². The lowest BCUT2D eigenvalue weighted by atomic mass is 9.48. The molecule has 4 rings (SSSR count). The van der Waals surface area contributed by atoms with Crippen LogP contribution in [0.4, 0.5) is 0 Å². The Balaban J connectivity index is 1.71. The van der Waals surface area contributed by atoms with Crippen LogP contribution >= 0.6 is 0 Å². The molecule has 0 bridgehead atoms. The van der Waals surface area contributed by atoms with Crippen molar-refractivity contribution in [1.29, 1.82) is 0 Å². The van der Waals surface area contributed by atoms with Crippen LogP contribution in [0.1, 0.15) is 69.3 Å². The Labute approximate surface area is 154 Å². The third-order valence-electron chi connectivity index (χ3n) is 7.55. The SMILES string of the molecule is [2H]C([2H])([2H])[C@]12CC[C@H](OS(=O)(=O)O)CC1=CC[C@H]1[C@@H]3CCC(=O)[C@@]3(C)CC[C@@H]12. The van der Waals surface area contributed by atoms with Crippen molar-refractivity contribution >= 4 is 16.2 Å². The predicted molar refractivity (Wildman–Crippen MR) is 93.1 cm³/mol. The van der Waals surface area contributed by atoms with Crippen LogP contribution in [0.3, 0.4) is 0 Å². The van der Waals surface area contributed by atoms with Gasteiger partial charge in [-0.3, -0.25) is 9.35 Å². The highest BCUT2D eigenvalue weighted by Crippen LogP contribution is 2.64. The molecule has 0 aromatic heterocycles. The van der Waals surface area contributed by atoms with Crippen LogP contribution in [0.25, 0.3) is 0 Å². The van der Waals surface area contributed by atoms with Gasteiger partial charge >= 0.3 is 10.4 Å². The van der Waals surface area contributed by atoms with E-state index in [1.807, 2.05) is 6.08 Å². The van der Waals surface area contributed by atoms with Crippen molar-refractivity contribution in [3.63, 3.8) is 0 Å². The summed E-state index contributed by atoms with van der Waals surface area (Å²) in [6.45, 7) is -0.150. The molecule has 25 heavy (non-hydrogen) atoms. The standard InChI is InChI=1S/C19H28O5S/c1-18-9-7-13(24-25(21,22)23)11-12(18)3-4-14-15-5-6-17(20)19(15,2)10-8-16(14)18/h3,13-16H,4-11H2,1-2H3,(H,21,22,23)/t13-,14-,15-,16-,18-,19-/m0/s1/i1D3. The van der Waals surface area contributed by atoms with Crippen LogP contribution in [0.5, 0.6) is 0 Å². The molecule has 6 heteroatoms. The fraction of sp³-hybridized carbons (Fsp3) is 0.842. The zero-order valence-electron chi connectivity index (χ0n) is 17.5. The Morgan fingerprint density at radius 3 is 2.68 bits per heavy atom. The van der Waals surface area contributed by atoms with Gasteiger partial charge in [-0.25, -0.2) is 4.18 Å². The molecule has 5 nitrogen and oxygen atoms in total. The third kappa shape index (κ3) is 2.72. The van der Waals surface area contributed by atoms with Gasteiger partial charge in [-0.2, -0.15) is 8.42 Å². The number of fused-ring (bicyclic) bond motifs is 5. The van der Waals surface area contributed by atoms with E-state index in [0.717, 1.165) is 24.8 Å². The number of carbonyl (C=O) groups excluding carboxylic acids is 1. The molecule has 6 atom stereocenters. The Morgan fingerprint density at radius 2 is 1.96 bits per heavy atom. The lowest BCUT2D eigenvalue weighted by Gasteiger charge is -2.56. The summed E-state index contributed by atoms with van der Waals surface area (Å²) in [5.74, 6) is 0.686. The van der Waals surface area contributed by atoms with Gasteiger partial charge in [0.15, 0.2) is 0 Å². The van der Waals surface area contributed by atoms with E-state index in [1.165, 1.54) is 0 Å². The highest BCUT2D eigenvalue weighted by molar-refractivity contribution is 7.80. The molecule has 0 amide bonds. The van der Waals surface area contributed by atoms with Gasteiger partial charge in [-0.15, -0.1) is 0 Å². The average Bonchev–Trinajstić information content (AvgIpc) is 2.87. The lowest BCUT2D eigenvalue weighted by Crippen LogP contribution is -2.50. The molecule has 4 aliphatic carbocycles. The predicted octanol–water partition coefficient (Wildman–Crippen LogP) is 3.71. The first-order chi connectivity index (χ1) is 12.9. The van der Waals surface area contributed by atoms with E-state index < -0.39 is 28.8 Å².